The molecule has 1 heterocycles. The molecule has 0 amide bonds. The zero-order valence-corrected chi connectivity index (χ0v) is 13.9. The van der Waals surface area contributed by atoms with E-state index >= 15 is 0 Å². The Bertz CT molecular complexity index is 549. The molecule has 0 bridgehead atoms. The summed E-state index contributed by atoms with van der Waals surface area (Å²) in [5.74, 6) is 0.0847. The van der Waals surface area contributed by atoms with Crippen molar-refractivity contribution in [2.75, 3.05) is 20.8 Å². The van der Waals surface area contributed by atoms with E-state index in [0.717, 1.165) is 18.4 Å². The Balaban J connectivity index is 2.18. The lowest BCUT2D eigenvalue weighted by Gasteiger charge is -2.36. The minimum absolute atomic E-state index is 0.299. The van der Waals surface area contributed by atoms with Crippen molar-refractivity contribution in [3.05, 3.63) is 22.7 Å². The minimum atomic E-state index is -0.720. The third kappa shape index (κ3) is 3.65. The number of benzene rings is 1. The predicted octanol–water partition coefficient (Wildman–Crippen LogP) is 3.04. The fraction of sp³-hybridized carbons (Fsp3) is 0.562. The lowest BCUT2D eigenvalue weighted by Crippen LogP contribution is -2.43. The lowest BCUT2D eigenvalue weighted by molar-refractivity contribution is -0.144. The topological polar surface area (TPSA) is 59.0 Å². The largest absolute Gasteiger partial charge is 0.493 e. The van der Waals surface area contributed by atoms with E-state index < -0.39 is 5.97 Å². The molecule has 1 aliphatic heterocycles. The number of halogens is 1. The second kappa shape index (κ2) is 7.20. The van der Waals surface area contributed by atoms with Crippen LogP contribution in [0.4, 0.5) is 0 Å². The molecule has 122 valence electrons. The summed E-state index contributed by atoms with van der Waals surface area (Å²) in [5.41, 5.74) is 0.987. The Morgan fingerprint density at radius 1 is 1.36 bits per heavy atom. The molecule has 0 radical (unpaired) electrons. The highest BCUT2D eigenvalue weighted by molar-refractivity contribution is 6.32. The van der Waals surface area contributed by atoms with E-state index in [9.17, 15) is 9.90 Å². The zero-order chi connectivity index (χ0) is 16.3. The van der Waals surface area contributed by atoms with Gasteiger partial charge in [-0.3, -0.25) is 9.69 Å². The molecular weight excluding hydrogens is 306 g/mol. The number of rotatable bonds is 5. The number of carboxylic acid groups (broad SMARTS) is 1. The number of hydrogen-bond acceptors (Lipinski definition) is 4. The van der Waals surface area contributed by atoms with Crippen LogP contribution in [0.5, 0.6) is 11.5 Å². The maximum absolute atomic E-state index is 11.2. The highest BCUT2D eigenvalue weighted by atomic mass is 35.5. The van der Waals surface area contributed by atoms with Gasteiger partial charge in [-0.2, -0.15) is 0 Å². The molecule has 22 heavy (non-hydrogen) atoms. The monoisotopic (exact) mass is 327 g/mol. The molecule has 2 atom stereocenters. The molecule has 2 rings (SSSR count). The predicted molar refractivity (Wildman–Crippen MR) is 84.8 cm³/mol. The van der Waals surface area contributed by atoms with Crippen LogP contribution in [0.3, 0.4) is 0 Å². The number of aliphatic carboxylic acids is 1. The van der Waals surface area contributed by atoms with Crippen LogP contribution in [0.2, 0.25) is 5.02 Å². The molecule has 1 saturated heterocycles. The summed E-state index contributed by atoms with van der Waals surface area (Å²) in [6.07, 6.45) is 1.62. The number of nitrogens with zero attached hydrogens (tertiary/aromatic N) is 1. The minimum Gasteiger partial charge on any atom is -0.493 e. The standard InChI is InChI=1S/C16H22ClNO4/c1-10-4-5-12(16(19)20)9-18(10)8-11-6-13(17)15(22-3)14(7-11)21-2/h6-7,10,12H,4-5,8-9H2,1-3H3,(H,19,20). The van der Waals surface area contributed by atoms with Crippen LogP contribution in [0.1, 0.15) is 25.3 Å². The van der Waals surface area contributed by atoms with Crippen LogP contribution >= 0.6 is 11.6 Å². The summed E-state index contributed by atoms with van der Waals surface area (Å²) < 4.78 is 10.5. The van der Waals surface area contributed by atoms with Gasteiger partial charge in [-0.25, -0.2) is 0 Å². The van der Waals surface area contributed by atoms with Crippen LogP contribution in [0.25, 0.3) is 0 Å². The first-order chi connectivity index (χ1) is 10.5. The second-order valence-electron chi connectivity index (χ2n) is 5.70. The molecule has 6 heteroatoms. The van der Waals surface area contributed by atoms with Crippen molar-refractivity contribution in [1.29, 1.82) is 0 Å². The van der Waals surface area contributed by atoms with Crippen molar-refractivity contribution in [2.45, 2.75) is 32.4 Å². The number of carbonyl (C=O) groups is 1. The average molecular weight is 328 g/mol. The summed E-state index contributed by atoms with van der Waals surface area (Å²) in [5, 5.41) is 9.72. The van der Waals surface area contributed by atoms with Crippen molar-refractivity contribution in [3.8, 4) is 11.5 Å². The first kappa shape index (κ1) is 16.9. The first-order valence-electron chi connectivity index (χ1n) is 7.33. The summed E-state index contributed by atoms with van der Waals surface area (Å²) in [6.45, 7) is 3.33. The molecule has 5 nitrogen and oxygen atoms in total. The SMILES string of the molecule is COc1cc(CN2CC(C(=O)O)CCC2C)cc(Cl)c1OC. The van der Waals surface area contributed by atoms with Crippen LogP contribution in [-0.4, -0.2) is 42.8 Å². The quantitative estimate of drug-likeness (QED) is 0.900. The molecule has 0 aliphatic carbocycles. The Kier molecular flexibility index (Phi) is 5.53. The second-order valence-corrected chi connectivity index (χ2v) is 6.11. The fourth-order valence-electron chi connectivity index (χ4n) is 2.90. The Labute approximate surface area is 135 Å². The fourth-order valence-corrected chi connectivity index (χ4v) is 3.21. The normalized spacial score (nSPS) is 22.4. The molecule has 1 aliphatic rings. The van der Waals surface area contributed by atoms with E-state index in [1.54, 1.807) is 14.2 Å². The van der Waals surface area contributed by atoms with Crippen molar-refractivity contribution in [1.82, 2.24) is 4.90 Å². The van der Waals surface area contributed by atoms with E-state index in [1.165, 1.54) is 0 Å². The molecule has 0 spiro atoms. The van der Waals surface area contributed by atoms with Gasteiger partial charge >= 0.3 is 5.97 Å². The zero-order valence-electron chi connectivity index (χ0n) is 13.1. The maximum atomic E-state index is 11.2. The smallest absolute Gasteiger partial charge is 0.307 e. The van der Waals surface area contributed by atoms with Crippen LogP contribution in [0, 0.1) is 5.92 Å². The van der Waals surface area contributed by atoms with E-state index in [-0.39, 0.29) is 5.92 Å². The summed E-state index contributed by atoms with van der Waals surface area (Å²) in [7, 11) is 3.12. The van der Waals surface area contributed by atoms with Gasteiger partial charge in [0.2, 0.25) is 0 Å². The Hall–Kier alpha value is -1.46. The molecule has 2 unspecified atom stereocenters. The highest BCUT2D eigenvalue weighted by Gasteiger charge is 2.29. The molecule has 1 aromatic carbocycles. The van der Waals surface area contributed by atoms with Crippen LogP contribution in [-0.2, 0) is 11.3 Å². The number of methoxy groups -OCH3 is 2. The van der Waals surface area contributed by atoms with Crippen molar-refractivity contribution >= 4 is 17.6 Å². The van der Waals surface area contributed by atoms with Crippen LogP contribution < -0.4 is 9.47 Å². The average Bonchev–Trinajstić information content (AvgIpc) is 2.48. The number of carboxylic acids is 1. The third-order valence-corrected chi connectivity index (χ3v) is 4.52. The number of likely N-dealkylation sites (tertiary alicyclic amines) is 1. The summed E-state index contributed by atoms with van der Waals surface area (Å²) in [4.78, 5) is 13.4. The molecular formula is C16H22ClNO4. The third-order valence-electron chi connectivity index (χ3n) is 4.24. The van der Waals surface area contributed by atoms with Gasteiger partial charge in [-0.05, 0) is 37.5 Å². The van der Waals surface area contributed by atoms with Gasteiger partial charge in [-0.1, -0.05) is 11.6 Å². The number of piperidine rings is 1. The summed E-state index contributed by atoms with van der Waals surface area (Å²) >= 11 is 6.23. The van der Waals surface area contributed by atoms with Gasteiger partial charge in [0.1, 0.15) is 0 Å². The first-order valence-corrected chi connectivity index (χ1v) is 7.71. The molecule has 1 N–H and O–H groups in total. The van der Waals surface area contributed by atoms with Crippen LogP contribution in [0.15, 0.2) is 12.1 Å². The highest BCUT2D eigenvalue weighted by Crippen LogP contribution is 2.36. The van der Waals surface area contributed by atoms with Gasteiger partial charge in [0, 0.05) is 19.1 Å². The van der Waals surface area contributed by atoms with Gasteiger partial charge < -0.3 is 14.6 Å². The van der Waals surface area contributed by atoms with E-state index in [2.05, 4.69) is 11.8 Å². The summed E-state index contributed by atoms with van der Waals surface area (Å²) in [6, 6.07) is 4.09. The van der Waals surface area contributed by atoms with Gasteiger partial charge in [-0.15, -0.1) is 0 Å². The number of ether oxygens (including phenoxy) is 2. The van der Waals surface area contributed by atoms with Gasteiger partial charge in [0.25, 0.3) is 0 Å². The molecule has 1 fully saturated rings. The number of hydrogen-bond donors (Lipinski definition) is 1. The van der Waals surface area contributed by atoms with E-state index in [1.807, 2.05) is 12.1 Å². The van der Waals surface area contributed by atoms with Gasteiger partial charge in [0.15, 0.2) is 11.5 Å². The molecule has 1 aromatic rings. The molecule has 0 aromatic heterocycles. The Morgan fingerprint density at radius 3 is 2.68 bits per heavy atom. The van der Waals surface area contributed by atoms with Crippen molar-refractivity contribution < 1.29 is 19.4 Å². The van der Waals surface area contributed by atoms with E-state index in [0.29, 0.717) is 35.7 Å². The molecule has 0 saturated carbocycles. The van der Waals surface area contributed by atoms with E-state index in [4.69, 9.17) is 21.1 Å². The van der Waals surface area contributed by atoms with Crippen molar-refractivity contribution in [3.63, 3.8) is 0 Å². The van der Waals surface area contributed by atoms with Gasteiger partial charge in [0.05, 0.1) is 25.2 Å². The maximum Gasteiger partial charge on any atom is 0.307 e. The van der Waals surface area contributed by atoms with Crippen molar-refractivity contribution in [2.24, 2.45) is 5.92 Å². The Morgan fingerprint density at radius 2 is 2.09 bits per heavy atom. The lowest BCUT2D eigenvalue weighted by atomic mass is 9.93.